The van der Waals surface area contributed by atoms with E-state index in [2.05, 4.69) is 25.1 Å². The molecule has 1 fully saturated rings. The summed E-state index contributed by atoms with van der Waals surface area (Å²) in [6, 6.07) is 21.6. The van der Waals surface area contributed by atoms with E-state index in [4.69, 9.17) is 4.74 Å². The van der Waals surface area contributed by atoms with Crippen molar-refractivity contribution in [1.82, 2.24) is 10.2 Å². The Balaban J connectivity index is 1.31. The summed E-state index contributed by atoms with van der Waals surface area (Å²) in [7, 11) is -3.74. The Kier molecular flexibility index (Phi) is 5.80. The van der Waals surface area contributed by atoms with Gasteiger partial charge in [0.2, 0.25) is 0 Å². The van der Waals surface area contributed by atoms with Crippen LogP contribution < -0.4 is 14.9 Å². The Morgan fingerprint density at radius 1 is 0.879 bits per heavy atom. The van der Waals surface area contributed by atoms with Gasteiger partial charge in [0.05, 0.1) is 30.0 Å². The van der Waals surface area contributed by atoms with Crippen LogP contribution in [0.15, 0.2) is 83.9 Å². The summed E-state index contributed by atoms with van der Waals surface area (Å²) >= 11 is 0. The summed E-state index contributed by atoms with van der Waals surface area (Å²) in [5.41, 5.74) is 2.23. The molecular weight excluding hydrogens is 438 g/mol. The minimum absolute atomic E-state index is 0.248. The minimum Gasteiger partial charge on any atom is -0.378 e. The molecule has 168 valence electrons. The first kappa shape index (κ1) is 21.2. The van der Waals surface area contributed by atoms with Crippen LogP contribution in [0.2, 0.25) is 0 Å². The highest BCUT2D eigenvalue weighted by atomic mass is 32.2. The van der Waals surface area contributed by atoms with E-state index in [9.17, 15) is 8.42 Å². The third-order valence-corrected chi connectivity index (χ3v) is 6.90. The van der Waals surface area contributed by atoms with E-state index in [1.807, 2.05) is 36.4 Å². The molecule has 33 heavy (non-hydrogen) atoms. The number of fused-ring (bicyclic) bond motifs is 1. The van der Waals surface area contributed by atoms with Gasteiger partial charge in [-0.3, -0.25) is 4.72 Å². The second-order valence-electron chi connectivity index (χ2n) is 7.68. The minimum atomic E-state index is -3.74. The lowest BCUT2D eigenvalue weighted by Gasteiger charge is -2.28. The predicted octanol–water partition coefficient (Wildman–Crippen LogP) is 4.01. The number of morpholine rings is 1. The van der Waals surface area contributed by atoms with Crippen molar-refractivity contribution >= 4 is 43.7 Å². The summed E-state index contributed by atoms with van der Waals surface area (Å²) in [4.78, 5) is 2.45. The van der Waals surface area contributed by atoms with Gasteiger partial charge in [-0.2, -0.15) is 5.10 Å². The Hall–Kier alpha value is -3.69. The average Bonchev–Trinajstić information content (AvgIpc) is 2.85. The molecule has 0 unspecified atom stereocenters. The van der Waals surface area contributed by atoms with Gasteiger partial charge in [0.25, 0.3) is 10.0 Å². The van der Waals surface area contributed by atoms with E-state index >= 15 is 0 Å². The van der Waals surface area contributed by atoms with Crippen molar-refractivity contribution in [2.75, 3.05) is 41.2 Å². The van der Waals surface area contributed by atoms with Gasteiger partial charge in [-0.25, -0.2) is 8.42 Å². The van der Waals surface area contributed by atoms with Crippen molar-refractivity contribution in [3.8, 4) is 0 Å². The van der Waals surface area contributed by atoms with E-state index in [1.54, 1.807) is 42.6 Å². The van der Waals surface area contributed by atoms with Crippen LogP contribution in [-0.2, 0) is 14.8 Å². The molecule has 0 spiro atoms. The Morgan fingerprint density at radius 2 is 1.61 bits per heavy atom. The highest BCUT2D eigenvalue weighted by molar-refractivity contribution is 7.93. The smallest absolute Gasteiger partial charge is 0.262 e. The third kappa shape index (κ3) is 4.74. The van der Waals surface area contributed by atoms with Gasteiger partial charge in [-0.15, -0.1) is 5.10 Å². The van der Waals surface area contributed by atoms with Gasteiger partial charge < -0.3 is 15.0 Å². The lowest BCUT2D eigenvalue weighted by molar-refractivity contribution is 0.122. The second-order valence-corrected chi connectivity index (χ2v) is 9.33. The molecule has 4 aromatic rings. The van der Waals surface area contributed by atoms with Crippen molar-refractivity contribution in [1.29, 1.82) is 0 Å². The molecule has 1 aromatic heterocycles. The number of hydrogen-bond acceptors (Lipinski definition) is 7. The van der Waals surface area contributed by atoms with Crippen LogP contribution in [0.1, 0.15) is 0 Å². The number of sulfonamides is 1. The van der Waals surface area contributed by atoms with Gasteiger partial charge in [-0.1, -0.05) is 36.4 Å². The van der Waals surface area contributed by atoms with E-state index in [0.717, 1.165) is 29.9 Å². The maximum Gasteiger partial charge on any atom is 0.262 e. The standard InChI is InChI=1S/C24H23N5O3S/c30-33(31,23-7-3-5-18-4-1-2-6-22(18)23)28-20-10-8-19(9-11-20)26-24-16-21(17-25-27-24)29-12-14-32-15-13-29/h1-11,16-17,28H,12-15H2,(H,26,27). The first-order valence-electron chi connectivity index (χ1n) is 10.6. The van der Waals surface area contributed by atoms with E-state index in [1.165, 1.54) is 0 Å². The number of hydrogen-bond donors (Lipinski definition) is 2. The van der Waals surface area contributed by atoms with Crippen molar-refractivity contribution in [3.63, 3.8) is 0 Å². The molecule has 2 heterocycles. The molecule has 0 amide bonds. The summed E-state index contributed by atoms with van der Waals surface area (Å²) in [5, 5.41) is 13.0. The maximum absolute atomic E-state index is 13.0. The summed E-state index contributed by atoms with van der Waals surface area (Å²) in [6.45, 7) is 3.02. The molecule has 0 atom stereocenters. The molecule has 3 aromatic carbocycles. The highest BCUT2D eigenvalue weighted by Crippen LogP contribution is 2.26. The molecule has 2 N–H and O–H groups in total. The van der Waals surface area contributed by atoms with E-state index in [0.29, 0.717) is 30.1 Å². The lowest BCUT2D eigenvalue weighted by atomic mass is 10.1. The van der Waals surface area contributed by atoms with Crippen molar-refractivity contribution < 1.29 is 13.2 Å². The molecule has 5 rings (SSSR count). The number of benzene rings is 3. The van der Waals surface area contributed by atoms with Gasteiger partial charge in [0, 0.05) is 35.9 Å². The fraction of sp³-hybridized carbons (Fsp3) is 0.167. The highest BCUT2D eigenvalue weighted by Gasteiger charge is 2.17. The van der Waals surface area contributed by atoms with Gasteiger partial charge >= 0.3 is 0 Å². The van der Waals surface area contributed by atoms with Crippen LogP contribution in [0.4, 0.5) is 22.9 Å². The topological polar surface area (TPSA) is 96.5 Å². The first-order valence-corrected chi connectivity index (χ1v) is 12.1. The van der Waals surface area contributed by atoms with Crippen molar-refractivity contribution in [3.05, 3.63) is 79.0 Å². The fourth-order valence-electron chi connectivity index (χ4n) is 3.82. The summed E-state index contributed by atoms with van der Waals surface area (Å²) < 4.78 is 34.1. The van der Waals surface area contributed by atoms with Crippen molar-refractivity contribution in [2.24, 2.45) is 0 Å². The largest absolute Gasteiger partial charge is 0.378 e. The van der Waals surface area contributed by atoms with Crippen molar-refractivity contribution in [2.45, 2.75) is 4.90 Å². The molecular formula is C24H23N5O3S. The van der Waals surface area contributed by atoms with Crippen LogP contribution in [0.5, 0.6) is 0 Å². The predicted molar refractivity (Wildman–Crippen MR) is 130 cm³/mol. The average molecular weight is 462 g/mol. The normalized spacial score (nSPS) is 14.2. The number of rotatable bonds is 6. The zero-order valence-corrected chi connectivity index (χ0v) is 18.6. The fourth-order valence-corrected chi connectivity index (χ4v) is 5.11. The van der Waals surface area contributed by atoms with Gasteiger partial charge in [0.1, 0.15) is 0 Å². The molecule has 1 aliphatic heterocycles. The first-order chi connectivity index (χ1) is 16.1. The van der Waals surface area contributed by atoms with Gasteiger partial charge in [-0.05, 0) is 35.7 Å². The summed E-state index contributed by atoms with van der Waals surface area (Å²) in [6.07, 6.45) is 1.74. The number of nitrogens with zero attached hydrogens (tertiary/aromatic N) is 3. The van der Waals surface area contributed by atoms with E-state index in [-0.39, 0.29) is 4.90 Å². The van der Waals surface area contributed by atoms with Crippen LogP contribution in [-0.4, -0.2) is 44.9 Å². The van der Waals surface area contributed by atoms with Crippen LogP contribution in [0, 0.1) is 0 Å². The number of ether oxygens (including phenoxy) is 1. The lowest BCUT2D eigenvalue weighted by Crippen LogP contribution is -2.36. The van der Waals surface area contributed by atoms with Crippen LogP contribution in [0.25, 0.3) is 10.8 Å². The Morgan fingerprint density at radius 3 is 2.42 bits per heavy atom. The molecule has 0 radical (unpaired) electrons. The molecule has 9 heteroatoms. The molecule has 8 nitrogen and oxygen atoms in total. The second kappa shape index (κ2) is 9.05. The zero-order chi connectivity index (χ0) is 22.7. The SMILES string of the molecule is O=S(=O)(Nc1ccc(Nc2cc(N3CCOCC3)cnn2)cc1)c1cccc2ccccc12. The van der Waals surface area contributed by atoms with Crippen LogP contribution in [0.3, 0.4) is 0 Å². The molecule has 0 saturated carbocycles. The van der Waals surface area contributed by atoms with E-state index < -0.39 is 10.0 Å². The number of nitrogens with one attached hydrogen (secondary N) is 2. The quantitative estimate of drug-likeness (QED) is 0.448. The Labute approximate surface area is 192 Å². The van der Waals surface area contributed by atoms with Crippen LogP contribution >= 0.6 is 0 Å². The zero-order valence-electron chi connectivity index (χ0n) is 17.8. The number of anilines is 4. The monoisotopic (exact) mass is 461 g/mol. The third-order valence-electron chi connectivity index (χ3n) is 5.46. The molecule has 0 aliphatic carbocycles. The number of aromatic nitrogens is 2. The summed E-state index contributed by atoms with van der Waals surface area (Å²) in [5.74, 6) is 0.614. The van der Waals surface area contributed by atoms with Gasteiger partial charge in [0.15, 0.2) is 5.82 Å². The Bertz CT molecular complexity index is 1370. The maximum atomic E-state index is 13.0. The molecule has 0 bridgehead atoms. The molecule has 1 saturated heterocycles. The molecule has 1 aliphatic rings.